The first-order chi connectivity index (χ1) is 11.8. The SMILES string of the molecule is CC1=CC(CC(C)(C)C)N2C(=O)C(C(C)NC(C)(C)C)CCC(=O)N2C1. The van der Waals surface area contributed by atoms with Gasteiger partial charge in [-0.3, -0.25) is 9.59 Å². The molecule has 0 aromatic heterocycles. The van der Waals surface area contributed by atoms with Gasteiger partial charge in [0.1, 0.15) is 0 Å². The molecule has 2 aliphatic heterocycles. The van der Waals surface area contributed by atoms with Crippen LogP contribution in [-0.2, 0) is 9.59 Å². The van der Waals surface area contributed by atoms with Gasteiger partial charge in [-0.25, -0.2) is 10.0 Å². The minimum Gasteiger partial charge on any atom is -0.309 e. The number of hydrazine groups is 1. The zero-order chi connectivity index (χ0) is 19.9. The van der Waals surface area contributed by atoms with Crippen molar-refractivity contribution >= 4 is 11.8 Å². The number of hydrogen-bond acceptors (Lipinski definition) is 3. The number of carbonyl (C=O) groups is 2. The summed E-state index contributed by atoms with van der Waals surface area (Å²) in [6, 6.07) is -0.0276. The molecule has 0 aromatic rings. The molecule has 1 saturated heterocycles. The molecular formula is C21H37N3O2. The van der Waals surface area contributed by atoms with Gasteiger partial charge in [0.25, 0.3) is 0 Å². The van der Waals surface area contributed by atoms with Crippen LogP contribution in [0.5, 0.6) is 0 Å². The predicted octanol–water partition coefficient (Wildman–Crippen LogP) is 3.51. The van der Waals surface area contributed by atoms with Gasteiger partial charge in [-0.15, -0.1) is 0 Å². The Kier molecular flexibility index (Phi) is 5.91. The Morgan fingerprint density at radius 2 is 1.81 bits per heavy atom. The van der Waals surface area contributed by atoms with Gasteiger partial charge in [0.15, 0.2) is 0 Å². The van der Waals surface area contributed by atoms with E-state index in [4.69, 9.17) is 0 Å². The molecule has 0 spiro atoms. The van der Waals surface area contributed by atoms with Crippen LogP contribution >= 0.6 is 0 Å². The summed E-state index contributed by atoms with van der Waals surface area (Å²) >= 11 is 0. The van der Waals surface area contributed by atoms with Gasteiger partial charge in [-0.05, 0) is 52.9 Å². The lowest BCUT2D eigenvalue weighted by Crippen LogP contribution is -2.59. The van der Waals surface area contributed by atoms with E-state index in [2.05, 4.69) is 66.8 Å². The van der Waals surface area contributed by atoms with Gasteiger partial charge in [0.2, 0.25) is 11.8 Å². The van der Waals surface area contributed by atoms with Crippen LogP contribution < -0.4 is 5.32 Å². The molecule has 0 aliphatic carbocycles. The number of rotatable bonds is 3. The Bertz CT molecular complexity index is 583. The molecular weight excluding hydrogens is 326 g/mol. The van der Waals surface area contributed by atoms with Gasteiger partial charge in [0, 0.05) is 18.0 Å². The minimum absolute atomic E-state index is 0.0255. The maximum absolute atomic E-state index is 13.5. The summed E-state index contributed by atoms with van der Waals surface area (Å²) in [4.78, 5) is 26.3. The Balaban J connectivity index is 2.35. The molecule has 0 radical (unpaired) electrons. The number of nitrogens with one attached hydrogen (secondary N) is 1. The number of nitrogens with zero attached hydrogens (tertiary/aromatic N) is 2. The minimum atomic E-state index is -0.183. The third-order valence-electron chi connectivity index (χ3n) is 5.04. The highest BCUT2D eigenvalue weighted by atomic mass is 16.2. The average Bonchev–Trinajstić information content (AvgIpc) is 2.53. The summed E-state index contributed by atoms with van der Waals surface area (Å²) in [5.74, 6) is -0.0364. The van der Waals surface area contributed by atoms with Gasteiger partial charge in [-0.2, -0.15) is 0 Å². The van der Waals surface area contributed by atoms with Crippen molar-refractivity contribution < 1.29 is 9.59 Å². The fraction of sp³-hybridized carbons (Fsp3) is 0.810. The van der Waals surface area contributed by atoms with Crippen molar-refractivity contribution in [1.82, 2.24) is 15.3 Å². The molecule has 148 valence electrons. The third kappa shape index (κ3) is 5.09. The highest BCUT2D eigenvalue weighted by molar-refractivity contribution is 5.87. The number of fused-ring (bicyclic) bond motifs is 1. The largest absolute Gasteiger partial charge is 0.309 e. The first kappa shape index (κ1) is 20.9. The topological polar surface area (TPSA) is 52.7 Å². The quantitative estimate of drug-likeness (QED) is 0.781. The van der Waals surface area contributed by atoms with E-state index in [1.165, 1.54) is 0 Å². The fourth-order valence-corrected chi connectivity index (χ4v) is 4.16. The summed E-state index contributed by atoms with van der Waals surface area (Å²) in [6.07, 6.45) is 4.06. The summed E-state index contributed by atoms with van der Waals surface area (Å²) in [6.45, 7) is 17.5. The molecule has 0 aromatic carbocycles. The summed E-state index contributed by atoms with van der Waals surface area (Å²) < 4.78 is 0. The molecule has 3 unspecified atom stereocenters. The molecule has 2 heterocycles. The van der Waals surface area contributed by atoms with Crippen molar-refractivity contribution in [2.75, 3.05) is 6.54 Å². The molecule has 0 saturated carbocycles. The Morgan fingerprint density at radius 1 is 1.19 bits per heavy atom. The Hall–Kier alpha value is -1.36. The molecule has 0 bridgehead atoms. The monoisotopic (exact) mass is 363 g/mol. The predicted molar refractivity (Wildman–Crippen MR) is 105 cm³/mol. The van der Waals surface area contributed by atoms with Crippen LogP contribution in [-0.4, -0.2) is 46.0 Å². The van der Waals surface area contributed by atoms with Crippen LogP contribution in [0.15, 0.2) is 11.6 Å². The van der Waals surface area contributed by atoms with Gasteiger partial charge >= 0.3 is 0 Å². The Morgan fingerprint density at radius 3 is 2.35 bits per heavy atom. The highest BCUT2D eigenvalue weighted by Crippen LogP contribution is 2.33. The molecule has 5 nitrogen and oxygen atoms in total. The summed E-state index contributed by atoms with van der Waals surface area (Å²) in [7, 11) is 0. The second kappa shape index (κ2) is 7.34. The zero-order valence-electron chi connectivity index (χ0n) is 17.8. The van der Waals surface area contributed by atoms with Crippen LogP contribution in [0.3, 0.4) is 0 Å². The molecule has 2 aliphatic rings. The van der Waals surface area contributed by atoms with Crippen molar-refractivity contribution in [2.24, 2.45) is 11.3 Å². The first-order valence-corrected chi connectivity index (χ1v) is 9.87. The maximum atomic E-state index is 13.5. The van der Waals surface area contributed by atoms with E-state index in [9.17, 15) is 9.59 Å². The number of amides is 2. The van der Waals surface area contributed by atoms with E-state index >= 15 is 0 Å². The van der Waals surface area contributed by atoms with Crippen LogP contribution in [0, 0.1) is 11.3 Å². The molecule has 2 amide bonds. The zero-order valence-corrected chi connectivity index (χ0v) is 17.8. The molecule has 1 N–H and O–H groups in total. The van der Waals surface area contributed by atoms with Crippen LogP contribution in [0.4, 0.5) is 0 Å². The molecule has 5 heteroatoms. The van der Waals surface area contributed by atoms with Crippen molar-refractivity contribution in [2.45, 2.75) is 92.3 Å². The summed E-state index contributed by atoms with van der Waals surface area (Å²) in [5.41, 5.74) is 1.17. The first-order valence-electron chi connectivity index (χ1n) is 9.87. The van der Waals surface area contributed by atoms with Crippen molar-refractivity contribution in [3.05, 3.63) is 11.6 Å². The highest BCUT2D eigenvalue weighted by Gasteiger charge is 2.43. The van der Waals surface area contributed by atoms with E-state index < -0.39 is 0 Å². The third-order valence-corrected chi connectivity index (χ3v) is 5.04. The smallest absolute Gasteiger partial charge is 0.246 e. The van der Waals surface area contributed by atoms with E-state index in [0.29, 0.717) is 19.4 Å². The molecule has 26 heavy (non-hydrogen) atoms. The fourth-order valence-electron chi connectivity index (χ4n) is 4.16. The number of carbonyl (C=O) groups excluding carboxylic acids is 2. The second-order valence-corrected chi connectivity index (χ2v) is 10.3. The van der Waals surface area contributed by atoms with Gasteiger partial charge in [0.05, 0.1) is 18.5 Å². The van der Waals surface area contributed by atoms with Crippen molar-refractivity contribution in [3.8, 4) is 0 Å². The summed E-state index contributed by atoms with van der Waals surface area (Å²) in [5, 5.41) is 7.02. The van der Waals surface area contributed by atoms with E-state index in [1.807, 2.05) is 0 Å². The van der Waals surface area contributed by atoms with Crippen molar-refractivity contribution in [1.29, 1.82) is 0 Å². The lowest BCUT2D eigenvalue weighted by Gasteiger charge is -2.45. The van der Waals surface area contributed by atoms with Crippen LogP contribution in [0.2, 0.25) is 0 Å². The standard InChI is InChI=1S/C21H37N3O2/c1-14-11-16(12-20(3,4)5)24-19(26)17(15(2)22-21(6,7)8)9-10-18(25)23(24)13-14/h11,15-17,22H,9-10,12-13H2,1-8H3. The molecule has 1 fully saturated rings. The normalized spacial score (nSPS) is 26.4. The van der Waals surface area contributed by atoms with Gasteiger partial charge < -0.3 is 5.32 Å². The molecule has 2 rings (SSSR count). The average molecular weight is 364 g/mol. The van der Waals surface area contributed by atoms with E-state index in [1.54, 1.807) is 10.0 Å². The Labute approximate surface area is 159 Å². The lowest BCUT2D eigenvalue weighted by molar-refractivity contribution is -0.168. The lowest BCUT2D eigenvalue weighted by atomic mass is 9.86. The number of hydrogen-bond donors (Lipinski definition) is 1. The van der Waals surface area contributed by atoms with Crippen LogP contribution in [0.25, 0.3) is 0 Å². The second-order valence-electron chi connectivity index (χ2n) is 10.3. The van der Waals surface area contributed by atoms with Crippen molar-refractivity contribution in [3.63, 3.8) is 0 Å². The maximum Gasteiger partial charge on any atom is 0.246 e. The van der Waals surface area contributed by atoms with Gasteiger partial charge in [-0.1, -0.05) is 32.4 Å². The molecule has 3 atom stereocenters. The van der Waals surface area contributed by atoms with E-state index in [-0.39, 0.29) is 40.8 Å². The van der Waals surface area contributed by atoms with Crippen LogP contribution in [0.1, 0.15) is 74.7 Å². The van der Waals surface area contributed by atoms with E-state index in [0.717, 1.165) is 12.0 Å².